The number of nitrogens with zero attached hydrogens (tertiary/aromatic N) is 1. The quantitative estimate of drug-likeness (QED) is 0.878. The number of nitrogens with two attached hydrogens (primary N) is 1. The molecule has 19 heavy (non-hydrogen) atoms. The molecule has 1 amide bonds. The highest BCUT2D eigenvalue weighted by Gasteiger charge is 2.16. The summed E-state index contributed by atoms with van der Waals surface area (Å²) in [4.78, 5) is 13.7. The first-order valence-corrected chi connectivity index (χ1v) is 6.21. The SMILES string of the molecule is Cc1ccc(C(=O)N(C)Cc2cc(N)ccc2Cl)o1. The molecule has 0 saturated carbocycles. The Balaban J connectivity index is 2.14. The molecule has 2 rings (SSSR count). The summed E-state index contributed by atoms with van der Waals surface area (Å²) < 4.78 is 5.31. The number of halogens is 1. The van der Waals surface area contributed by atoms with E-state index in [0.717, 1.165) is 5.56 Å². The van der Waals surface area contributed by atoms with E-state index < -0.39 is 0 Å². The van der Waals surface area contributed by atoms with Gasteiger partial charge in [0.05, 0.1) is 0 Å². The highest BCUT2D eigenvalue weighted by molar-refractivity contribution is 6.31. The molecule has 0 aliphatic heterocycles. The summed E-state index contributed by atoms with van der Waals surface area (Å²) in [6, 6.07) is 8.63. The van der Waals surface area contributed by atoms with Gasteiger partial charge in [-0.15, -0.1) is 0 Å². The molecule has 4 nitrogen and oxygen atoms in total. The van der Waals surface area contributed by atoms with Gasteiger partial charge in [0, 0.05) is 24.3 Å². The van der Waals surface area contributed by atoms with Gasteiger partial charge in [-0.2, -0.15) is 0 Å². The Labute approximate surface area is 116 Å². The molecule has 5 heteroatoms. The lowest BCUT2D eigenvalue weighted by Gasteiger charge is -2.17. The van der Waals surface area contributed by atoms with Crippen molar-refractivity contribution in [1.82, 2.24) is 4.90 Å². The lowest BCUT2D eigenvalue weighted by Crippen LogP contribution is -2.26. The molecule has 0 aliphatic rings. The van der Waals surface area contributed by atoms with E-state index in [1.165, 1.54) is 0 Å². The zero-order valence-corrected chi connectivity index (χ0v) is 11.6. The van der Waals surface area contributed by atoms with Crippen molar-refractivity contribution < 1.29 is 9.21 Å². The van der Waals surface area contributed by atoms with Crippen LogP contribution in [-0.4, -0.2) is 17.9 Å². The molecule has 0 radical (unpaired) electrons. The van der Waals surface area contributed by atoms with Crippen LogP contribution in [0, 0.1) is 6.92 Å². The van der Waals surface area contributed by atoms with Crippen molar-refractivity contribution in [3.8, 4) is 0 Å². The van der Waals surface area contributed by atoms with Crippen LogP contribution in [0.2, 0.25) is 5.02 Å². The van der Waals surface area contributed by atoms with Crippen LogP contribution in [0.4, 0.5) is 5.69 Å². The van der Waals surface area contributed by atoms with Gasteiger partial charge in [0.1, 0.15) is 5.76 Å². The van der Waals surface area contributed by atoms with Gasteiger partial charge in [-0.1, -0.05) is 11.6 Å². The summed E-state index contributed by atoms with van der Waals surface area (Å²) in [5, 5.41) is 0.587. The van der Waals surface area contributed by atoms with Crippen LogP contribution in [-0.2, 0) is 6.54 Å². The molecule has 1 aromatic carbocycles. The van der Waals surface area contributed by atoms with E-state index in [2.05, 4.69) is 0 Å². The van der Waals surface area contributed by atoms with Gasteiger partial charge in [-0.3, -0.25) is 4.79 Å². The van der Waals surface area contributed by atoms with Gasteiger partial charge >= 0.3 is 0 Å². The predicted octanol–water partition coefficient (Wildman–Crippen LogP) is 3.10. The molecule has 2 aromatic rings. The van der Waals surface area contributed by atoms with Crippen molar-refractivity contribution in [1.29, 1.82) is 0 Å². The predicted molar refractivity (Wildman–Crippen MR) is 75.1 cm³/mol. The van der Waals surface area contributed by atoms with Crippen molar-refractivity contribution in [2.75, 3.05) is 12.8 Å². The van der Waals surface area contributed by atoms with Gasteiger partial charge in [0.25, 0.3) is 5.91 Å². The Morgan fingerprint density at radius 2 is 2.11 bits per heavy atom. The van der Waals surface area contributed by atoms with Crippen LogP contribution in [0.1, 0.15) is 21.9 Å². The van der Waals surface area contributed by atoms with Crippen molar-refractivity contribution in [3.63, 3.8) is 0 Å². The number of hydrogen-bond donors (Lipinski definition) is 1. The molecule has 100 valence electrons. The first kappa shape index (κ1) is 13.5. The standard InChI is InChI=1S/C14H15ClN2O2/c1-9-3-6-13(19-9)14(18)17(2)8-10-7-11(16)4-5-12(10)15/h3-7H,8,16H2,1-2H3. The number of benzene rings is 1. The highest BCUT2D eigenvalue weighted by Crippen LogP contribution is 2.21. The number of hydrogen-bond acceptors (Lipinski definition) is 3. The van der Waals surface area contributed by atoms with E-state index in [-0.39, 0.29) is 5.91 Å². The Bertz CT molecular complexity index is 607. The van der Waals surface area contributed by atoms with E-state index in [1.54, 1.807) is 49.2 Å². The minimum absolute atomic E-state index is 0.188. The number of carbonyl (C=O) groups excluding carboxylic acids is 1. The third kappa shape index (κ3) is 3.09. The number of anilines is 1. The van der Waals surface area contributed by atoms with Crippen LogP contribution in [0.5, 0.6) is 0 Å². The van der Waals surface area contributed by atoms with E-state index in [1.807, 2.05) is 0 Å². The highest BCUT2D eigenvalue weighted by atomic mass is 35.5. The van der Waals surface area contributed by atoms with Gasteiger partial charge in [0.2, 0.25) is 0 Å². The normalized spacial score (nSPS) is 10.5. The molecule has 0 aliphatic carbocycles. The average Bonchev–Trinajstić information content (AvgIpc) is 2.79. The number of carbonyl (C=O) groups is 1. The maximum atomic E-state index is 12.1. The largest absolute Gasteiger partial charge is 0.456 e. The zero-order chi connectivity index (χ0) is 14.0. The average molecular weight is 279 g/mol. The minimum Gasteiger partial charge on any atom is -0.456 e. The molecule has 0 spiro atoms. The second-order valence-electron chi connectivity index (χ2n) is 4.42. The van der Waals surface area contributed by atoms with Crippen LogP contribution >= 0.6 is 11.6 Å². The van der Waals surface area contributed by atoms with Gasteiger partial charge in [0.15, 0.2) is 5.76 Å². The summed E-state index contributed by atoms with van der Waals surface area (Å²) in [6.45, 7) is 2.17. The van der Waals surface area contributed by atoms with Crippen molar-refractivity contribution in [2.24, 2.45) is 0 Å². The van der Waals surface area contributed by atoms with E-state index in [4.69, 9.17) is 21.8 Å². The van der Waals surface area contributed by atoms with Gasteiger partial charge in [-0.25, -0.2) is 0 Å². The molecule has 1 heterocycles. The fraction of sp³-hybridized carbons (Fsp3) is 0.214. The fourth-order valence-corrected chi connectivity index (χ4v) is 1.96. The van der Waals surface area contributed by atoms with E-state index >= 15 is 0 Å². The molecule has 0 unspecified atom stereocenters. The van der Waals surface area contributed by atoms with Crippen molar-refractivity contribution >= 4 is 23.2 Å². The van der Waals surface area contributed by atoms with Gasteiger partial charge in [-0.05, 0) is 42.8 Å². The Morgan fingerprint density at radius 1 is 1.37 bits per heavy atom. The first-order chi connectivity index (χ1) is 8.97. The summed E-state index contributed by atoms with van der Waals surface area (Å²) in [5.74, 6) is 0.838. The number of rotatable bonds is 3. The van der Waals surface area contributed by atoms with Crippen LogP contribution in [0.15, 0.2) is 34.7 Å². The molecular weight excluding hydrogens is 264 g/mol. The van der Waals surface area contributed by atoms with Crippen molar-refractivity contribution in [3.05, 3.63) is 52.4 Å². The lowest BCUT2D eigenvalue weighted by molar-refractivity contribution is 0.0752. The smallest absolute Gasteiger partial charge is 0.289 e. The Hall–Kier alpha value is -1.94. The zero-order valence-electron chi connectivity index (χ0n) is 10.8. The van der Waals surface area contributed by atoms with E-state index in [9.17, 15) is 4.79 Å². The lowest BCUT2D eigenvalue weighted by atomic mass is 10.2. The van der Waals surface area contributed by atoms with Gasteiger partial charge < -0.3 is 15.1 Å². The molecule has 0 fully saturated rings. The Morgan fingerprint density at radius 3 is 2.74 bits per heavy atom. The summed E-state index contributed by atoms with van der Waals surface area (Å²) in [6.07, 6.45) is 0. The second kappa shape index (κ2) is 5.36. The third-order valence-corrected chi connectivity index (χ3v) is 3.14. The Kier molecular flexibility index (Phi) is 3.81. The topological polar surface area (TPSA) is 59.5 Å². The number of nitrogen functional groups attached to an aromatic ring is 1. The number of aryl methyl sites for hydroxylation is 1. The fourth-order valence-electron chi connectivity index (χ4n) is 1.78. The molecular formula is C14H15ClN2O2. The summed E-state index contributed by atoms with van der Waals surface area (Å²) >= 11 is 6.08. The summed E-state index contributed by atoms with van der Waals surface area (Å²) in [5.41, 5.74) is 7.14. The number of furan rings is 1. The second-order valence-corrected chi connectivity index (χ2v) is 4.83. The molecule has 0 saturated heterocycles. The van der Waals surface area contributed by atoms with Crippen LogP contribution in [0.25, 0.3) is 0 Å². The number of amides is 1. The molecule has 0 bridgehead atoms. The monoisotopic (exact) mass is 278 g/mol. The third-order valence-electron chi connectivity index (χ3n) is 2.78. The van der Waals surface area contributed by atoms with Crippen LogP contribution in [0.3, 0.4) is 0 Å². The molecule has 0 atom stereocenters. The first-order valence-electron chi connectivity index (χ1n) is 5.83. The molecule has 1 aromatic heterocycles. The van der Waals surface area contributed by atoms with E-state index in [0.29, 0.717) is 28.8 Å². The van der Waals surface area contributed by atoms with Crippen LogP contribution < -0.4 is 5.73 Å². The van der Waals surface area contributed by atoms with Crippen molar-refractivity contribution in [2.45, 2.75) is 13.5 Å². The summed E-state index contributed by atoms with van der Waals surface area (Å²) in [7, 11) is 1.69. The maximum absolute atomic E-state index is 12.1. The molecule has 2 N–H and O–H groups in total. The minimum atomic E-state index is -0.188. The maximum Gasteiger partial charge on any atom is 0.289 e.